The van der Waals surface area contributed by atoms with Crippen molar-refractivity contribution < 1.29 is 14.3 Å². The standard InChI is InChI=1S/C24H31ClN2O3/c1-5-22(24(29)26-14-17(2)3)27(15-19-8-6-7-9-21(19)25)23(28)16-30-20-12-10-18(4)11-13-20/h6-13,17,22H,5,14-16H2,1-4H3,(H,26,29)/t22-/m1/s1. The van der Waals surface area contributed by atoms with E-state index in [1.54, 1.807) is 11.0 Å². The van der Waals surface area contributed by atoms with Gasteiger partial charge in [-0.05, 0) is 43.0 Å². The van der Waals surface area contributed by atoms with E-state index in [0.717, 1.165) is 11.1 Å². The van der Waals surface area contributed by atoms with Crippen molar-refractivity contribution in [2.24, 2.45) is 5.92 Å². The summed E-state index contributed by atoms with van der Waals surface area (Å²) in [4.78, 5) is 27.5. The topological polar surface area (TPSA) is 58.6 Å². The molecule has 0 saturated heterocycles. The van der Waals surface area contributed by atoms with Gasteiger partial charge in [-0.2, -0.15) is 0 Å². The number of amides is 2. The highest BCUT2D eigenvalue weighted by atomic mass is 35.5. The van der Waals surface area contributed by atoms with Crippen LogP contribution in [0.4, 0.5) is 0 Å². The van der Waals surface area contributed by atoms with Crippen LogP contribution in [0.2, 0.25) is 5.02 Å². The summed E-state index contributed by atoms with van der Waals surface area (Å²) >= 11 is 6.32. The Kier molecular flexibility index (Phi) is 9.18. The minimum absolute atomic E-state index is 0.151. The van der Waals surface area contributed by atoms with E-state index in [1.165, 1.54) is 0 Å². The second-order valence-corrected chi connectivity index (χ2v) is 8.19. The Balaban J connectivity index is 2.19. The molecule has 0 heterocycles. The number of hydrogen-bond acceptors (Lipinski definition) is 3. The second-order valence-electron chi connectivity index (χ2n) is 7.78. The van der Waals surface area contributed by atoms with Crippen LogP contribution in [0.15, 0.2) is 48.5 Å². The van der Waals surface area contributed by atoms with Gasteiger partial charge in [0.15, 0.2) is 6.61 Å². The molecule has 0 aliphatic heterocycles. The largest absolute Gasteiger partial charge is 0.484 e. The lowest BCUT2D eigenvalue weighted by Crippen LogP contribution is -2.50. The summed E-state index contributed by atoms with van der Waals surface area (Å²) in [6.45, 7) is 8.59. The Morgan fingerprint density at radius 1 is 1.10 bits per heavy atom. The van der Waals surface area contributed by atoms with Gasteiger partial charge in [-0.3, -0.25) is 9.59 Å². The van der Waals surface area contributed by atoms with E-state index in [9.17, 15) is 9.59 Å². The molecular weight excluding hydrogens is 400 g/mol. The third-order valence-electron chi connectivity index (χ3n) is 4.75. The van der Waals surface area contributed by atoms with Gasteiger partial charge in [-0.25, -0.2) is 0 Å². The maximum absolute atomic E-state index is 13.1. The first-order valence-electron chi connectivity index (χ1n) is 10.3. The van der Waals surface area contributed by atoms with Gasteiger partial charge in [0.05, 0.1) is 0 Å². The molecule has 0 radical (unpaired) electrons. The van der Waals surface area contributed by atoms with E-state index < -0.39 is 6.04 Å². The van der Waals surface area contributed by atoms with Gasteiger partial charge in [-0.1, -0.05) is 68.3 Å². The number of rotatable bonds is 10. The van der Waals surface area contributed by atoms with Gasteiger partial charge in [0, 0.05) is 18.1 Å². The molecule has 0 aliphatic carbocycles. The van der Waals surface area contributed by atoms with Gasteiger partial charge in [0.25, 0.3) is 5.91 Å². The van der Waals surface area contributed by atoms with Crippen LogP contribution in [0.5, 0.6) is 5.75 Å². The predicted molar refractivity (Wildman–Crippen MR) is 121 cm³/mol. The van der Waals surface area contributed by atoms with Gasteiger partial charge < -0.3 is 15.0 Å². The van der Waals surface area contributed by atoms with E-state index in [0.29, 0.717) is 29.7 Å². The summed E-state index contributed by atoms with van der Waals surface area (Å²) in [5, 5.41) is 3.50. The smallest absolute Gasteiger partial charge is 0.261 e. The molecule has 0 fully saturated rings. The first kappa shape index (κ1) is 23.7. The molecule has 30 heavy (non-hydrogen) atoms. The van der Waals surface area contributed by atoms with Crippen LogP contribution in [0.1, 0.15) is 38.3 Å². The third kappa shape index (κ3) is 7.06. The number of ether oxygens (including phenoxy) is 1. The number of hydrogen-bond donors (Lipinski definition) is 1. The van der Waals surface area contributed by atoms with Crippen molar-refractivity contribution in [3.05, 3.63) is 64.7 Å². The van der Waals surface area contributed by atoms with Crippen LogP contribution in [0.25, 0.3) is 0 Å². The maximum atomic E-state index is 13.1. The van der Waals surface area contributed by atoms with Gasteiger partial charge in [0.1, 0.15) is 11.8 Å². The van der Waals surface area contributed by atoms with Crippen molar-refractivity contribution in [3.63, 3.8) is 0 Å². The molecule has 162 valence electrons. The molecule has 2 rings (SSSR count). The second kappa shape index (κ2) is 11.6. The first-order chi connectivity index (χ1) is 14.3. The van der Waals surface area contributed by atoms with Gasteiger partial charge in [-0.15, -0.1) is 0 Å². The molecule has 0 aliphatic rings. The van der Waals surface area contributed by atoms with Crippen molar-refractivity contribution in [3.8, 4) is 5.75 Å². The Morgan fingerprint density at radius 3 is 2.37 bits per heavy atom. The third-order valence-corrected chi connectivity index (χ3v) is 5.12. The predicted octanol–water partition coefficient (Wildman–Crippen LogP) is 4.61. The molecule has 0 aromatic heterocycles. The molecule has 2 aromatic carbocycles. The van der Waals surface area contributed by atoms with E-state index in [2.05, 4.69) is 5.32 Å². The van der Waals surface area contributed by atoms with E-state index >= 15 is 0 Å². The lowest BCUT2D eigenvalue weighted by Gasteiger charge is -2.31. The fourth-order valence-corrected chi connectivity index (χ4v) is 3.21. The number of benzene rings is 2. The number of nitrogens with one attached hydrogen (secondary N) is 1. The maximum Gasteiger partial charge on any atom is 0.261 e. The van der Waals surface area contributed by atoms with Crippen molar-refractivity contribution in [1.82, 2.24) is 10.2 Å². The van der Waals surface area contributed by atoms with Crippen molar-refractivity contribution in [2.75, 3.05) is 13.2 Å². The zero-order valence-corrected chi connectivity index (χ0v) is 18.9. The molecule has 6 heteroatoms. The number of carbonyl (C=O) groups is 2. The molecule has 2 aromatic rings. The number of aryl methyl sites for hydroxylation is 1. The summed E-state index contributed by atoms with van der Waals surface area (Å²) in [6.07, 6.45) is 0.491. The molecule has 1 atom stereocenters. The monoisotopic (exact) mass is 430 g/mol. The number of carbonyl (C=O) groups excluding carboxylic acids is 2. The lowest BCUT2D eigenvalue weighted by molar-refractivity contribution is -0.143. The van der Waals surface area contributed by atoms with Crippen LogP contribution in [0.3, 0.4) is 0 Å². The van der Waals surface area contributed by atoms with Gasteiger partial charge >= 0.3 is 0 Å². The highest BCUT2D eigenvalue weighted by Crippen LogP contribution is 2.20. The molecule has 1 N–H and O–H groups in total. The fraction of sp³-hybridized carbons (Fsp3) is 0.417. The molecular formula is C24H31ClN2O3. The van der Waals surface area contributed by atoms with Crippen LogP contribution in [0, 0.1) is 12.8 Å². The zero-order chi connectivity index (χ0) is 22.1. The normalized spacial score (nSPS) is 11.8. The molecule has 0 saturated carbocycles. The molecule has 0 unspecified atom stereocenters. The summed E-state index contributed by atoms with van der Waals surface area (Å²) in [5.41, 5.74) is 1.90. The van der Waals surface area contributed by atoms with E-state index in [-0.39, 0.29) is 25.0 Å². The van der Waals surface area contributed by atoms with Crippen LogP contribution >= 0.6 is 11.6 Å². The molecule has 0 spiro atoms. The summed E-state index contributed by atoms with van der Waals surface area (Å²) < 4.78 is 5.69. The average Bonchev–Trinajstić information content (AvgIpc) is 2.72. The average molecular weight is 431 g/mol. The first-order valence-corrected chi connectivity index (χ1v) is 10.7. The van der Waals surface area contributed by atoms with Crippen molar-refractivity contribution >= 4 is 23.4 Å². The number of nitrogens with zero attached hydrogens (tertiary/aromatic N) is 1. The highest BCUT2D eigenvalue weighted by Gasteiger charge is 2.29. The SMILES string of the molecule is CC[C@H](C(=O)NCC(C)C)N(Cc1ccccc1Cl)C(=O)COc1ccc(C)cc1. The van der Waals surface area contributed by atoms with Gasteiger partial charge in [0.2, 0.25) is 5.91 Å². The van der Waals surface area contributed by atoms with Crippen molar-refractivity contribution in [1.29, 1.82) is 0 Å². The van der Waals surface area contributed by atoms with E-state index in [4.69, 9.17) is 16.3 Å². The molecule has 2 amide bonds. The number of halogens is 1. The minimum Gasteiger partial charge on any atom is -0.484 e. The quantitative estimate of drug-likeness (QED) is 0.598. The van der Waals surface area contributed by atoms with E-state index in [1.807, 2.05) is 70.2 Å². The Bertz CT molecular complexity index is 837. The summed E-state index contributed by atoms with van der Waals surface area (Å²) in [6, 6.07) is 14.3. The zero-order valence-electron chi connectivity index (χ0n) is 18.2. The minimum atomic E-state index is -0.603. The van der Waals surface area contributed by atoms with Crippen LogP contribution in [-0.4, -0.2) is 35.9 Å². The lowest BCUT2D eigenvalue weighted by atomic mass is 10.1. The summed E-state index contributed by atoms with van der Waals surface area (Å²) in [7, 11) is 0. The Hall–Kier alpha value is -2.53. The fourth-order valence-electron chi connectivity index (χ4n) is 3.01. The van der Waals surface area contributed by atoms with Crippen molar-refractivity contribution in [2.45, 2.75) is 46.7 Å². The highest BCUT2D eigenvalue weighted by molar-refractivity contribution is 6.31. The van der Waals surface area contributed by atoms with Crippen LogP contribution < -0.4 is 10.1 Å². The summed E-state index contributed by atoms with van der Waals surface area (Å²) in [5.74, 6) is 0.511. The van der Waals surface area contributed by atoms with Crippen LogP contribution in [-0.2, 0) is 16.1 Å². The molecule has 5 nitrogen and oxygen atoms in total. The molecule has 0 bridgehead atoms. The Labute approximate surface area is 184 Å². The Morgan fingerprint density at radius 2 is 1.77 bits per heavy atom.